The summed E-state index contributed by atoms with van der Waals surface area (Å²) in [6, 6.07) is 0. The third-order valence-corrected chi connectivity index (χ3v) is 17.6. The van der Waals surface area contributed by atoms with Gasteiger partial charge in [-0.2, -0.15) is 0 Å². The summed E-state index contributed by atoms with van der Waals surface area (Å²) in [6.45, 7) is 9.88. The summed E-state index contributed by atoms with van der Waals surface area (Å²) in [4.78, 5) is 14.5. The predicted octanol–water partition coefficient (Wildman–Crippen LogP) is 27.1. The predicted molar refractivity (Wildman–Crippen MR) is 341 cm³/mol. The van der Waals surface area contributed by atoms with E-state index in [1.807, 2.05) is 0 Å². The molecule has 0 aliphatic rings. The Labute approximate surface area is 476 Å². The Balaban J connectivity index is 5.05. The van der Waals surface area contributed by atoms with Gasteiger partial charge in [0.2, 0.25) is 0 Å². The van der Waals surface area contributed by atoms with Crippen LogP contribution in [0, 0.1) is 5.41 Å². The van der Waals surface area contributed by atoms with Gasteiger partial charge in [0, 0.05) is 0 Å². The summed E-state index contributed by atoms with van der Waals surface area (Å²) in [6.07, 6.45) is 92.2. The van der Waals surface area contributed by atoms with Crippen LogP contribution in [0.5, 0.6) is 0 Å². The number of allylic oxidation sites excluding steroid dienone is 2. The van der Waals surface area contributed by atoms with Crippen LogP contribution >= 0.6 is 0 Å². The van der Waals surface area contributed by atoms with Crippen molar-refractivity contribution in [1.29, 1.82) is 0 Å². The number of esters is 1. The van der Waals surface area contributed by atoms with Crippen molar-refractivity contribution in [3.63, 3.8) is 0 Å². The van der Waals surface area contributed by atoms with Crippen molar-refractivity contribution < 1.29 is 9.53 Å². The molecule has 448 valence electrons. The molecule has 0 saturated carbocycles. The van der Waals surface area contributed by atoms with Crippen LogP contribution in [0.4, 0.5) is 0 Å². The first-order chi connectivity index (χ1) is 37.2. The first-order valence-electron chi connectivity index (χ1n) is 36.0. The highest BCUT2D eigenvalue weighted by Crippen LogP contribution is 2.39. The fourth-order valence-corrected chi connectivity index (χ4v) is 12.2. The normalized spacial score (nSPS) is 12.0. The third-order valence-electron chi connectivity index (χ3n) is 17.6. The van der Waals surface area contributed by atoms with Gasteiger partial charge in [0.25, 0.3) is 0 Å². The number of hydrogen-bond donors (Lipinski definition) is 0. The molecular weight excluding hydrogens is 909 g/mol. The molecule has 0 aromatic heterocycles. The monoisotopic (exact) mass is 1050 g/mol. The highest BCUT2D eigenvalue weighted by Gasteiger charge is 2.38. The Bertz CT molecular complexity index is 1020. The van der Waals surface area contributed by atoms with Crippen molar-refractivity contribution in [2.45, 2.75) is 439 Å². The minimum atomic E-state index is -0.266. The highest BCUT2D eigenvalue weighted by molar-refractivity contribution is 5.76. The fourth-order valence-electron chi connectivity index (χ4n) is 12.2. The van der Waals surface area contributed by atoms with Crippen molar-refractivity contribution in [2.75, 3.05) is 6.61 Å². The fraction of sp³-hybridized carbons (Fsp3) is 0.959. The lowest BCUT2D eigenvalue weighted by Crippen LogP contribution is -2.34. The Morgan fingerprint density at radius 2 is 0.413 bits per heavy atom. The maximum Gasteiger partial charge on any atom is 0.312 e. The lowest BCUT2D eigenvalue weighted by atomic mass is 9.74. The third kappa shape index (κ3) is 57.7. The summed E-state index contributed by atoms with van der Waals surface area (Å²) in [5.74, 6) is 0.193. The van der Waals surface area contributed by atoms with Crippen LogP contribution in [-0.2, 0) is 9.53 Å². The Morgan fingerprint density at radius 3 is 0.640 bits per heavy atom. The number of ether oxygens (including phenoxy) is 1. The standard InChI is InChI=1S/C73H144O2/c1-5-9-13-17-21-25-29-33-36-39-42-45-49-53-57-61-65-69-73(68-64-60-56-52-48-32-28-24-20-16-12-8-4,70-66-62-58-54-50-46-43-40-37-34-30-26-22-18-14-10-6-2)72(74)75-71-67-63-59-55-51-47-44-41-38-35-31-27-23-19-15-11-7-3/h28,32H,5-27,29-31,33-71H2,1-4H3/b32-28-. The molecule has 0 aromatic carbocycles. The summed E-state index contributed by atoms with van der Waals surface area (Å²) in [5.41, 5.74) is -0.266. The van der Waals surface area contributed by atoms with E-state index >= 15 is 0 Å². The highest BCUT2D eigenvalue weighted by atomic mass is 16.5. The average molecular weight is 1050 g/mol. The topological polar surface area (TPSA) is 26.3 Å². The minimum absolute atomic E-state index is 0.193. The molecule has 0 fully saturated rings. The zero-order valence-electron chi connectivity index (χ0n) is 52.9. The van der Waals surface area contributed by atoms with Crippen molar-refractivity contribution in [2.24, 2.45) is 5.41 Å². The van der Waals surface area contributed by atoms with E-state index in [0.29, 0.717) is 6.61 Å². The summed E-state index contributed by atoms with van der Waals surface area (Å²) in [5, 5.41) is 0. The largest absolute Gasteiger partial charge is 0.465 e. The van der Waals surface area contributed by atoms with Crippen LogP contribution < -0.4 is 0 Å². The molecule has 0 atom stereocenters. The molecule has 2 heteroatoms. The summed E-state index contributed by atoms with van der Waals surface area (Å²) < 4.78 is 6.41. The van der Waals surface area contributed by atoms with E-state index in [4.69, 9.17) is 4.74 Å². The molecular formula is C73H144O2. The maximum atomic E-state index is 14.5. The van der Waals surface area contributed by atoms with Gasteiger partial charge in [-0.1, -0.05) is 399 Å². The molecule has 75 heavy (non-hydrogen) atoms. The quantitative estimate of drug-likeness (QED) is 0.0345. The van der Waals surface area contributed by atoms with Crippen LogP contribution in [0.3, 0.4) is 0 Å². The molecule has 0 N–H and O–H groups in total. The molecule has 0 spiro atoms. The molecule has 0 radical (unpaired) electrons. The van der Waals surface area contributed by atoms with Gasteiger partial charge < -0.3 is 4.74 Å². The number of carbonyl (C=O) groups excluding carboxylic acids is 1. The maximum absolute atomic E-state index is 14.5. The van der Waals surface area contributed by atoms with E-state index in [-0.39, 0.29) is 11.4 Å². The van der Waals surface area contributed by atoms with Gasteiger partial charge >= 0.3 is 5.97 Å². The van der Waals surface area contributed by atoms with Gasteiger partial charge in [-0.15, -0.1) is 0 Å². The Morgan fingerprint density at radius 1 is 0.240 bits per heavy atom. The SMILES string of the molecule is CCCCCC/C=C\CCCCCCC(CCCCCCCCCCCCCCCCCCC)(CCCCCCCCCCCCCCCCCCC)C(=O)OCCCCCCCCCCCCCCCCCCC. The van der Waals surface area contributed by atoms with Gasteiger partial charge in [0.1, 0.15) is 0 Å². The van der Waals surface area contributed by atoms with E-state index in [1.54, 1.807) is 0 Å². The van der Waals surface area contributed by atoms with Gasteiger partial charge in [-0.25, -0.2) is 0 Å². The van der Waals surface area contributed by atoms with E-state index in [0.717, 1.165) is 25.7 Å². The lowest BCUT2D eigenvalue weighted by Gasteiger charge is -2.32. The summed E-state index contributed by atoms with van der Waals surface area (Å²) >= 11 is 0. The van der Waals surface area contributed by atoms with Gasteiger partial charge in [0.05, 0.1) is 12.0 Å². The van der Waals surface area contributed by atoms with Crippen LogP contribution in [0.1, 0.15) is 439 Å². The minimum Gasteiger partial charge on any atom is -0.465 e. The molecule has 0 bridgehead atoms. The Kier molecular flexibility index (Phi) is 65.0. The van der Waals surface area contributed by atoms with Crippen LogP contribution in [0.25, 0.3) is 0 Å². The number of unbranched alkanes of at least 4 members (excludes halogenated alkanes) is 56. The van der Waals surface area contributed by atoms with Gasteiger partial charge in [0.15, 0.2) is 0 Å². The number of carbonyl (C=O) groups is 1. The van der Waals surface area contributed by atoms with Crippen molar-refractivity contribution in [3.8, 4) is 0 Å². The smallest absolute Gasteiger partial charge is 0.312 e. The van der Waals surface area contributed by atoms with Crippen LogP contribution in [-0.4, -0.2) is 12.6 Å². The van der Waals surface area contributed by atoms with Gasteiger partial charge in [-0.3, -0.25) is 4.79 Å². The number of rotatable bonds is 67. The molecule has 0 unspecified atom stereocenters. The molecule has 0 aliphatic carbocycles. The Hall–Kier alpha value is -0.790. The first kappa shape index (κ1) is 74.2. The second-order valence-corrected chi connectivity index (χ2v) is 25.2. The van der Waals surface area contributed by atoms with Crippen LogP contribution in [0.15, 0.2) is 12.2 Å². The van der Waals surface area contributed by atoms with Crippen LogP contribution in [0.2, 0.25) is 0 Å². The molecule has 0 heterocycles. The van der Waals surface area contributed by atoms with E-state index in [2.05, 4.69) is 39.8 Å². The molecule has 0 amide bonds. The zero-order valence-corrected chi connectivity index (χ0v) is 52.9. The molecule has 0 aromatic rings. The second-order valence-electron chi connectivity index (χ2n) is 25.2. The van der Waals surface area contributed by atoms with E-state index < -0.39 is 0 Å². The van der Waals surface area contributed by atoms with Crippen molar-refractivity contribution in [1.82, 2.24) is 0 Å². The summed E-state index contributed by atoms with van der Waals surface area (Å²) in [7, 11) is 0. The lowest BCUT2D eigenvalue weighted by molar-refractivity contribution is -0.158. The molecule has 0 aliphatic heterocycles. The van der Waals surface area contributed by atoms with E-state index in [1.165, 1.54) is 385 Å². The molecule has 0 saturated heterocycles. The van der Waals surface area contributed by atoms with Gasteiger partial charge in [-0.05, 0) is 51.4 Å². The number of hydrogen-bond acceptors (Lipinski definition) is 2. The van der Waals surface area contributed by atoms with E-state index in [9.17, 15) is 4.79 Å². The molecule has 0 rings (SSSR count). The van der Waals surface area contributed by atoms with Crippen molar-refractivity contribution in [3.05, 3.63) is 12.2 Å². The first-order valence-corrected chi connectivity index (χ1v) is 36.0. The molecule has 2 nitrogen and oxygen atoms in total. The zero-order chi connectivity index (χ0) is 54.2. The average Bonchev–Trinajstić information content (AvgIpc) is 3.42. The second kappa shape index (κ2) is 65.7. The van der Waals surface area contributed by atoms with Crippen molar-refractivity contribution >= 4 is 5.97 Å².